The Balaban J connectivity index is 1.73. The van der Waals surface area contributed by atoms with Gasteiger partial charge in [-0.25, -0.2) is 4.79 Å². The predicted molar refractivity (Wildman–Crippen MR) is 92.2 cm³/mol. The summed E-state index contributed by atoms with van der Waals surface area (Å²) < 4.78 is 16.8. The van der Waals surface area contributed by atoms with E-state index < -0.39 is 5.60 Å². The lowest BCUT2D eigenvalue weighted by Crippen LogP contribution is -2.50. The van der Waals surface area contributed by atoms with E-state index in [-0.39, 0.29) is 6.09 Å². The zero-order valence-electron chi connectivity index (χ0n) is 14.9. The second kappa shape index (κ2) is 6.71. The van der Waals surface area contributed by atoms with Crippen molar-refractivity contribution < 1.29 is 19.0 Å². The number of piperazine rings is 1. The molecule has 0 aliphatic carbocycles. The minimum Gasteiger partial charge on any atom is -0.486 e. The van der Waals surface area contributed by atoms with Crippen molar-refractivity contribution in [2.75, 3.05) is 44.3 Å². The molecule has 0 spiro atoms. The Morgan fingerprint density at radius 1 is 1.16 bits per heavy atom. The van der Waals surface area contributed by atoms with Crippen molar-refractivity contribution in [1.82, 2.24) is 4.90 Å². The number of hydrogen-bond acceptors (Lipinski definition) is 6. The molecule has 0 unspecified atom stereocenters. The van der Waals surface area contributed by atoms with Gasteiger partial charge in [-0.2, -0.15) is 5.26 Å². The van der Waals surface area contributed by atoms with Crippen LogP contribution in [0.2, 0.25) is 0 Å². The molecular weight excluding hydrogens is 322 g/mol. The van der Waals surface area contributed by atoms with Gasteiger partial charge in [-0.3, -0.25) is 0 Å². The van der Waals surface area contributed by atoms with Crippen LogP contribution in [-0.4, -0.2) is 56.0 Å². The fourth-order valence-corrected chi connectivity index (χ4v) is 2.89. The Morgan fingerprint density at radius 3 is 2.48 bits per heavy atom. The lowest BCUT2D eigenvalue weighted by molar-refractivity contribution is 0.0240. The fraction of sp³-hybridized carbons (Fsp3) is 0.556. The Kier molecular flexibility index (Phi) is 4.62. The third-order valence-electron chi connectivity index (χ3n) is 4.02. The van der Waals surface area contributed by atoms with Crippen molar-refractivity contribution in [1.29, 1.82) is 5.26 Å². The topological polar surface area (TPSA) is 75.0 Å². The van der Waals surface area contributed by atoms with Gasteiger partial charge in [0.15, 0.2) is 11.5 Å². The van der Waals surface area contributed by atoms with Crippen molar-refractivity contribution >= 4 is 11.8 Å². The third kappa shape index (κ3) is 3.90. The predicted octanol–water partition coefficient (Wildman–Crippen LogP) is 2.39. The van der Waals surface area contributed by atoms with E-state index >= 15 is 0 Å². The van der Waals surface area contributed by atoms with Crippen molar-refractivity contribution in [2.24, 2.45) is 0 Å². The quantitative estimate of drug-likeness (QED) is 0.778. The number of nitriles is 1. The van der Waals surface area contributed by atoms with Crippen molar-refractivity contribution in [3.63, 3.8) is 0 Å². The van der Waals surface area contributed by atoms with Crippen LogP contribution in [0.4, 0.5) is 10.5 Å². The van der Waals surface area contributed by atoms with Crippen molar-refractivity contribution in [3.05, 3.63) is 17.7 Å². The summed E-state index contributed by atoms with van der Waals surface area (Å²) in [6.45, 7) is 8.95. The number of benzene rings is 1. The molecule has 2 aliphatic heterocycles. The molecule has 7 heteroatoms. The highest BCUT2D eigenvalue weighted by Crippen LogP contribution is 2.41. The van der Waals surface area contributed by atoms with Gasteiger partial charge in [-0.1, -0.05) is 0 Å². The molecule has 3 rings (SSSR count). The fourth-order valence-electron chi connectivity index (χ4n) is 2.89. The van der Waals surface area contributed by atoms with E-state index in [0.717, 1.165) is 5.69 Å². The Labute approximate surface area is 147 Å². The standard InChI is InChI=1S/C18H23N3O4/c1-18(2,3)25-17(22)21-6-4-20(5-7-21)14-10-13(12-19)11-15-16(14)24-9-8-23-15/h10-11H,4-9H2,1-3H3. The monoisotopic (exact) mass is 345 g/mol. The molecule has 2 aliphatic rings. The first-order valence-corrected chi connectivity index (χ1v) is 8.44. The van der Waals surface area contributed by atoms with Gasteiger partial charge in [0.25, 0.3) is 0 Å². The maximum Gasteiger partial charge on any atom is 0.410 e. The number of amides is 1. The third-order valence-corrected chi connectivity index (χ3v) is 4.02. The molecule has 0 bridgehead atoms. The Morgan fingerprint density at radius 2 is 1.84 bits per heavy atom. The molecule has 1 amide bonds. The maximum atomic E-state index is 12.2. The second-order valence-electron chi connectivity index (χ2n) is 7.09. The molecule has 0 radical (unpaired) electrons. The Hall–Kier alpha value is -2.62. The molecule has 0 saturated carbocycles. The van der Waals surface area contributed by atoms with Crippen LogP contribution in [0, 0.1) is 11.3 Å². The molecule has 1 aromatic rings. The summed E-state index contributed by atoms with van der Waals surface area (Å²) in [5, 5.41) is 9.25. The van der Waals surface area contributed by atoms with E-state index in [1.807, 2.05) is 26.8 Å². The highest BCUT2D eigenvalue weighted by molar-refractivity contribution is 5.71. The molecule has 0 atom stereocenters. The zero-order valence-corrected chi connectivity index (χ0v) is 14.9. The normalized spacial score (nSPS) is 17.0. The minimum atomic E-state index is -0.500. The number of carbonyl (C=O) groups excluding carboxylic acids is 1. The van der Waals surface area contributed by atoms with E-state index in [2.05, 4.69) is 11.0 Å². The molecule has 1 saturated heterocycles. The second-order valence-corrected chi connectivity index (χ2v) is 7.09. The van der Waals surface area contributed by atoms with E-state index in [4.69, 9.17) is 14.2 Å². The summed E-state index contributed by atoms with van der Waals surface area (Å²) in [6, 6.07) is 5.68. The Bertz CT molecular complexity index is 697. The van der Waals surface area contributed by atoms with Crippen molar-refractivity contribution in [2.45, 2.75) is 26.4 Å². The van der Waals surface area contributed by atoms with Gasteiger partial charge in [-0.15, -0.1) is 0 Å². The number of carbonyl (C=O) groups is 1. The summed E-state index contributed by atoms with van der Waals surface area (Å²) in [5.74, 6) is 1.28. The van der Waals surface area contributed by atoms with Gasteiger partial charge in [0.2, 0.25) is 0 Å². The molecule has 2 heterocycles. The van der Waals surface area contributed by atoms with E-state index in [9.17, 15) is 10.1 Å². The molecule has 25 heavy (non-hydrogen) atoms. The molecule has 1 fully saturated rings. The summed E-state index contributed by atoms with van der Waals surface area (Å²) in [7, 11) is 0. The smallest absolute Gasteiger partial charge is 0.410 e. The van der Waals surface area contributed by atoms with Crippen LogP contribution in [0.25, 0.3) is 0 Å². The van der Waals surface area contributed by atoms with Crippen LogP contribution in [0.3, 0.4) is 0 Å². The summed E-state index contributed by atoms with van der Waals surface area (Å²) in [6.07, 6.45) is -0.292. The van der Waals surface area contributed by atoms with Gasteiger partial charge < -0.3 is 24.0 Å². The summed E-state index contributed by atoms with van der Waals surface area (Å²) >= 11 is 0. The van der Waals surface area contributed by atoms with Gasteiger partial charge in [-0.05, 0) is 26.8 Å². The lowest BCUT2D eigenvalue weighted by atomic mass is 10.1. The number of nitrogens with zero attached hydrogens (tertiary/aromatic N) is 3. The molecule has 0 aromatic heterocycles. The van der Waals surface area contributed by atoms with E-state index in [1.165, 1.54) is 0 Å². The van der Waals surface area contributed by atoms with Crippen LogP contribution < -0.4 is 14.4 Å². The van der Waals surface area contributed by atoms with Gasteiger partial charge in [0, 0.05) is 32.2 Å². The molecule has 1 aromatic carbocycles. The summed E-state index contributed by atoms with van der Waals surface area (Å²) in [4.78, 5) is 16.0. The van der Waals surface area contributed by atoms with Crippen LogP contribution in [0.1, 0.15) is 26.3 Å². The van der Waals surface area contributed by atoms with Gasteiger partial charge in [0.1, 0.15) is 18.8 Å². The largest absolute Gasteiger partial charge is 0.486 e. The SMILES string of the molecule is CC(C)(C)OC(=O)N1CCN(c2cc(C#N)cc3c2OCCO3)CC1. The van der Waals surface area contributed by atoms with Crippen LogP contribution >= 0.6 is 0 Å². The van der Waals surface area contributed by atoms with Gasteiger partial charge in [0.05, 0.1) is 17.3 Å². The minimum absolute atomic E-state index is 0.292. The average molecular weight is 345 g/mol. The maximum absolute atomic E-state index is 12.2. The van der Waals surface area contributed by atoms with Crippen LogP contribution in [0.5, 0.6) is 11.5 Å². The number of ether oxygens (including phenoxy) is 3. The highest BCUT2D eigenvalue weighted by atomic mass is 16.6. The number of hydrogen-bond donors (Lipinski definition) is 0. The van der Waals surface area contributed by atoms with E-state index in [0.29, 0.717) is 56.5 Å². The first kappa shape index (κ1) is 17.2. The number of anilines is 1. The lowest BCUT2D eigenvalue weighted by Gasteiger charge is -2.37. The molecule has 7 nitrogen and oxygen atoms in total. The van der Waals surface area contributed by atoms with Crippen LogP contribution in [0.15, 0.2) is 12.1 Å². The van der Waals surface area contributed by atoms with E-state index in [1.54, 1.807) is 11.0 Å². The molecule has 0 N–H and O–H groups in total. The summed E-state index contributed by atoms with van der Waals surface area (Å²) in [5.41, 5.74) is 0.881. The first-order valence-electron chi connectivity index (χ1n) is 8.44. The highest BCUT2D eigenvalue weighted by Gasteiger charge is 2.28. The molecular formula is C18H23N3O4. The van der Waals surface area contributed by atoms with Gasteiger partial charge >= 0.3 is 6.09 Å². The number of fused-ring (bicyclic) bond motifs is 1. The average Bonchev–Trinajstić information content (AvgIpc) is 2.59. The zero-order chi connectivity index (χ0) is 18.0. The van der Waals surface area contributed by atoms with Crippen molar-refractivity contribution in [3.8, 4) is 17.6 Å². The molecule has 134 valence electrons. The first-order chi connectivity index (χ1) is 11.9. The van der Waals surface area contributed by atoms with Crippen LogP contribution in [-0.2, 0) is 4.74 Å². The number of rotatable bonds is 1.